The van der Waals surface area contributed by atoms with Gasteiger partial charge in [-0.05, 0) is 27.2 Å². The highest BCUT2D eigenvalue weighted by atomic mass is 32.2. The zero-order valence-corrected chi connectivity index (χ0v) is 12.1. The predicted molar refractivity (Wildman–Crippen MR) is 68.6 cm³/mol. The van der Waals surface area contributed by atoms with Gasteiger partial charge in [0, 0.05) is 12.6 Å². The average molecular weight is 295 g/mol. The molecule has 1 rings (SSSR count). The van der Waals surface area contributed by atoms with Gasteiger partial charge in [-0.15, -0.1) is 0 Å². The van der Waals surface area contributed by atoms with E-state index < -0.39 is 28.4 Å². The Morgan fingerprint density at radius 1 is 1.47 bits per heavy atom. The number of hydrogen-bond donors (Lipinski definition) is 3. The van der Waals surface area contributed by atoms with Gasteiger partial charge in [0.2, 0.25) is 0 Å². The zero-order valence-electron chi connectivity index (χ0n) is 11.3. The maximum atomic E-state index is 11.7. The molecule has 4 N–H and O–H groups in total. The molecule has 3 unspecified atom stereocenters. The van der Waals surface area contributed by atoms with Gasteiger partial charge < -0.3 is 15.2 Å². The van der Waals surface area contributed by atoms with Crippen molar-refractivity contribution in [2.45, 2.75) is 51.5 Å². The summed E-state index contributed by atoms with van der Waals surface area (Å²) in [5.41, 5.74) is 5.71. The lowest BCUT2D eigenvalue weighted by molar-refractivity contribution is -0.0249. The van der Waals surface area contributed by atoms with Crippen LogP contribution in [0.1, 0.15) is 27.2 Å². The van der Waals surface area contributed by atoms with Crippen molar-refractivity contribution in [1.82, 2.24) is 9.44 Å². The van der Waals surface area contributed by atoms with E-state index in [0.717, 1.165) is 0 Å². The molecule has 0 saturated heterocycles. The van der Waals surface area contributed by atoms with Crippen LogP contribution in [0.4, 0.5) is 4.79 Å². The molecule has 112 valence electrons. The number of nitrogens with one attached hydrogen (secondary N) is 2. The number of amides is 1. The third-order valence-corrected chi connectivity index (χ3v) is 3.62. The number of carbonyl (C=O) groups excluding carboxylic acids is 1. The van der Waals surface area contributed by atoms with Gasteiger partial charge in [-0.1, -0.05) is 0 Å². The number of ether oxygens (including phenoxy) is 2. The first-order chi connectivity index (χ1) is 8.75. The fraction of sp³-hybridized carbons (Fsp3) is 0.900. The fourth-order valence-corrected chi connectivity index (χ4v) is 2.76. The van der Waals surface area contributed by atoms with Gasteiger partial charge in [0.1, 0.15) is 0 Å². The molecule has 0 aromatic rings. The minimum absolute atomic E-state index is 0.266. The van der Waals surface area contributed by atoms with Crippen molar-refractivity contribution < 1.29 is 22.7 Å². The molecule has 0 aliphatic heterocycles. The van der Waals surface area contributed by atoms with Crippen LogP contribution in [0.2, 0.25) is 0 Å². The van der Waals surface area contributed by atoms with Crippen LogP contribution in [0.5, 0.6) is 0 Å². The Balaban J connectivity index is 2.52. The highest BCUT2D eigenvalue weighted by Gasteiger charge is 2.42. The molecule has 1 aliphatic rings. The van der Waals surface area contributed by atoms with Crippen LogP contribution >= 0.6 is 0 Å². The van der Waals surface area contributed by atoms with Crippen molar-refractivity contribution in [2.24, 2.45) is 5.73 Å². The number of hydrogen-bond acceptors (Lipinski definition) is 6. The highest BCUT2D eigenvalue weighted by Crippen LogP contribution is 2.22. The van der Waals surface area contributed by atoms with Crippen LogP contribution < -0.4 is 15.2 Å². The van der Waals surface area contributed by atoms with E-state index in [1.54, 1.807) is 18.6 Å². The Bertz CT molecular complexity index is 409. The molecule has 0 bridgehead atoms. The van der Waals surface area contributed by atoms with Gasteiger partial charge >= 0.3 is 16.3 Å². The van der Waals surface area contributed by atoms with Gasteiger partial charge in [-0.25, -0.2) is 9.52 Å². The summed E-state index contributed by atoms with van der Waals surface area (Å²) < 4.78 is 37.4. The normalized spacial score (nSPS) is 26.9. The van der Waals surface area contributed by atoms with Gasteiger partial charge in [-0.2, -0.15) is 13.1 Å². The van der Waals surface area contributed by atoms with Crippen molar-refractivity contribution in [1.29, 1.82) is 0 Å². The Labute approximate surface area is 113 Å². The van der Waals surface area contributed by atoms with Gasteiger partial charge in [0.15, 0.2) is 0 Å². The molecule has 1 saturated carbocycles. The molecule has 0 radical (unpaired) electrons. The zero-order chi connectivity index (χ0) is 14.6. The number of carbonyl (C=O) groups is 1. The first-order valence-corrected chi connectivity index (χ1v) is 7.61. The van der Waals surface area contributed by atoms with E-state index in [1.165, 1.54) is 0 Å². The first kappa shape index (κ1) is 16.2. The molecule has 0 aromatic carbocycles. The van der Waals surface area contributed by atoms with Gasteiger partial charge in [0.25, 0.3) is 0 Å². The maximum absolute atomic E-state index is 11.7. The molecule has 19 heavy (non-hydrogen) atoms. The van der Waals surface area contributed by atoms with E-state index in [4.69, 9.17) is 10.5 Å². The van der Waals surface area contributed by atoms with Gasteiger partial charge in [-0.3, -0.25) is 0 Å². The van der Waals surface area contributed by atoms with Crippen molar-refractivity contribution in [3.63, 3.8) is 0 Å². The molecular weight excluding hydrogens is 274 g/mol. The van der Waals surface area contributed by atoms with E-state index in [2.05, 4.69) is 9.46 Å². The SMILES string of the molecule is CCOC1CC(N)C1NS(=O)(=O)NC(=O)OC(C)C. The minimum Gasteiger partial charge on any atom is -0.446 e. The molecule has 0 heterocycles. The minimum atomic E-state index is -4.01. The summed E-state index contributed by atoms with van der Waals surface area (Å²) in [7, 11) is -4.01. The number of nitrogens with two attached hydrogens (primary N) is 1. The summed E-state index contributed by atoms with van der Waals surface area (Å²) >= 11 is 0. The molecule has 1 amide bonds. The molecule has 0 spiro atoms. The van der Waals surface area contributed by atoms with E-state index in [9.17, 15) is 13.2 Å². The lowest BCUT2D eigenvalue weighted by atomic mass is 9.84. The topological polar surface area (TPSA) is 120 Å². The first-order valence-electron chi connectivity index (χ1n) is 6.13. The number of rotatable bonds is 6. The van der Waals surface area contributed by atoms with Crippen LogP contribution in [0, 0.1) is 0 Å². The second kappa shape index (κ2) is 6.51. The summed E-state index contributed by atoms with van der Waals surface area (Å²) in [6, 6.07) is -0.862. The molecule has 0 aromatic heterocycles. The van der Waals surface area contributed by atoms with E-state index in [-0.39, 0.29) is 12.1 Å². The van der Waals surface area contributed by atoms with Crippen LogP contribution in [0.3, 0.4) is 0 Å². The van der Waals surface area contributed by atoms with E-state index in [0.29, 0.717) is 13.0 Å². The largest absolute Gasteiger partial charge is 0.446 e. The molecular formula is C10H21N3O5S. The summed E-state index contributed by atoms with van der Waals surface area (Å²) in [5.74, 6) is 0. The lowest BCUT2D eigenvalue weighted by Crippen LogP contribution is -2.66. The Morgan fingerprint density at radius 2 is 2.11 bits per heavy atom. The monoisotopic (exact) mass is 295 g/mol. The third kappa shape index (κ3) is 4.94. The summed E-state index contributed by atoms with van der Waals surface area (Å²) in [6.45, 7) is 5.52. The Hall–Kier alpha value is -0.900. The third-order valence-electron chi connectivity index (χ3n) is 2.60. The predicted octanol–water partition coefficient (Wildman–Crippen LogP) is -0.540. The van der Waals surface area contributed by atoms with Crippen molar-refractivity contribution in [3.8, 4) is 0 Å². The van der Waals surface area contributed by atoms with Crippen molar-refractivity contribution >= 4 is 16.3 Å². The molecule has 8 nitrogen and oxygen atoms in total. The van der Waals surface area contributed by atoms with E-state index >= 15 is 0 Å². The molecule has 9 heteroatoms. The second-order valence-corrected chi connectivity index (χ2v) is 6.04. The standard InChI is InChI=1S/C10H21N3O5S/c1-4-17-8-5-7(11)9(8)12-19(15,16)13-10(14)18-6(2)3/h6-9,12H,4-5,11H2,1-3H3,(H,13,14). The quantitative estimate of drug-likeness (QED) is 0.605. The van der Waals surface area contributed by atoms with Crippen LogP contribution in [-0.4, -0.2) is 45.4 Å². The summed E-state index contributed by atoms with van der Waals surface area (Å²) in [5, 5.41) is 0. The second-order valence-electron chi connectivity index (χ2n) is 4.60. The van der Waals surface area contributed by atoms with E-state index in [1.807, 2.05) is 6.92 Å². The highest BCUT2D eigenvalue weighted by molar-refractivity contribution is 7.88. The van der Waals surface area contributed by atoms with Crippen molar-refractivity contribution in [3.05, 3.63) is 0 Å². The lowest BCUT2D eigenvalue weighted by Gasteiger charge is -2.41. The molecule has 3 atom stereocenters. The molecule has 1 aliphatic carbocycles. The fourth-order valence-electron chi connectivity index (χ4n) is 1.75. The summed E-state index contributed by atoms with van der Waals surface area (Å²) in [6.07, 6.45) is -1.12. The Morgan fingerprint density at radius 3 is 2.58 bits per heavy atom. The maximum Gasteiger partial charge on any atom is 0.422 e. The molecule has 1 fully saturated rings. The van der Waals surface area contributed by atoms with Crippen molar-refractivity contribution in [2.75, 3.05) is 6.61 Å². The average Bonchev–Trinajstić information content (AvgIpc) is 2.24. The van der Waals surface area contributed by atoms with Crippen LogP contribution in [0.15, 0.2) is 0 Å². The Kier molecular flexibility index (Phi) is 5.53. The van der Waals surface area contributed by atoms with Gasteiger partial charge in [0.05, 0.1) is 18.2 Å². The smallest absolute Gasteiger partial charge is 0.422 e. The summed E-state index contributed by atoms with van der Waals surface area (Å²) in [4.78, 5) is 11.2. The van der Waals surface area contributed by atoms with Crippen LogP contribution in [-0.2, 0) is 19.7 Å². The van der Waals surface area contributed by atoms with Crippen LogP contribution in [0.25, 0.3) is 0 Å².